The van der Waals surface area contributed by atoms with E-state index >= 15 is 0 Å². The van der Waals surface area contributed by atoms with E-state index in [4.69, 9.17) is 5.73 Å². The second-order valence-electron chi connectivity index (χ2n) is 3.28. The van der Waals surface area contributed by atoms with Crippen molar-refractivity contribution >= 4 is 5.52 Å². The summed E-state index contributed by atoms with van der Waals surface area (Å²) in [6.07, 6.45) is 3.83. The molecule has 68 valence electrons. The van der Waals surface area contributed by atoms with Crippen LogP contribution in [-0.4, -0.2) is 9.38 Å². The van der Waals surface area contributed by atoms with Crippen LogP contribution < -0.4 is 5.73 Å². The molecule has 0 saturated heterocycles. The van der Waals surface area contributed by atoms with Gasteiger partial charge in [0.25, 0.3) is 0 Å². The van der Waals surface area contributed by atoms with Gasteiger partial charge < -0.3 is 10.1 Å². The molecule has 2 N–H and O–H groups in total. The van der Waals surface area contributed by atoms with Crippen LogP contribution in [0.15, 0.2) is 18.6 Å². The van der Waals surface area contributed by atoms with Gasteiger partial charge >= 0.3 is 0 Å². The number of hydrogen-bond donors (Lipinski definition) is 1. The zero-order valence-electron chi connectivity index (χ0n) is 7.91. The number of nitrogens with two attached hydrogens (primary N) is 1. The van der Waals surface area contributed by atoms with Crippen LogP contribution in [0.1, 0.15) is 16.8 Å². The van der Waals surface area contributed by atoms with Crippen molar-refractivity contribution in [3.05, 3.63) is 35.4 Å². The van der Waals surface area contributed by atoms with Crippen molar-refractivity contribution in [3.63, 3.8) is 0 Å². The van der Waals surface area contributed by atoms with Crippen LogP contribution in [0.2, 0.25) is 0 Å². The molecule has 2 aromatic heterocycles. The second kappa shape index (κ2) is 2.85. The highest BCUT2D eigenvalue weighted by Crippen LogP contribution is 2.17. The Hall–Kier alpha value is -1.35. The lowest BCUT2D eigenvalue weighted by atomic mass is 10.1. The molecule has 13 heavy (non-hydrogen) atoms. The van der Waals surface area contributed by atoms with Crippen molar-refractivity contribution in [2.75, 3.05) is 0 Å². The molecular formula is C10H13N3. The van der Waals surface area contributed by atoms with Gasteiger partial charge in [0.1, 0.15) is 0 Å². The van der Waals surface area contributed by atoms with E-state index in [-0.39, 0.29) is 0 Å². The molecule has 0 aliphatic rings. The summed E-state index contributed by atoms with van der Waals surface area (Å²) in [7, 11) is 0. The van der Waals surface area contributed by atoms with Gasteiger partial charge in [0, 0.05) is 12.7 Å². The highest BCUT2D eigenvalue weighted by molar-refractivity contribution is 5.60. The van der Waals surface area contributed by atoms with Crippen molar-refractivity contribution in [3.8, 4) is 0 Å². The summed E-state index contributed by atoms with van der Waals surface area (Å²) in [6, 6.07) is 2.09. The van der Waals surface area contributed by atoms with Crippen LogP contribution in [0.5, 0.6) is 0 Å². The van der Waals surface area contributed by atoms with E-state index in [1.165, 1.54) is 11.1 Å². The number of imidazole rings is 1. The first-order chi connectivity index (χ1) is 6.24. The van der Waals surface area contributed by atoms with Gasteiger partial charge in [0.05, 0.1) is 17.5 Å². The van der Waals surface area contributed by atoms with Gasteiger partial charge in [-0.05, 0) is 31.0 Å². The molecule has 2 heterocycles. The molecule has 3 nitrogen and oxygen atoms in total. The number of hydrogen-bond acceptors (Lipinski definition) is 2. The summed E-state index contributed by atoms with van der Waals surface area (Å²) >= 11 is 0. The number of aromatic nitrogens is 2. The standard InChI is InChI=1S/C10H13N3/c1-7-3-4-13-6-12-9(5-11)10(13)8(7)2/h3-4,6H,5,11H2,1-2H3. The molecule has 0 aliphatic heterocycles. The third-order valence-electron chi connectivity index (χ3n) is 2.49. The lowest BCUT2D eigenvalue weighted by molar-refractivity contribution is 1.02. The average molecular weight is 175 g/mol. The van der Waals surface area contributed by atoms with Crippen molar-refractivity contribution in [1.82, 2.24) is 9.38 Å². The maximum absolute atomic E-state index is 5.60. The summed E-state index contributed by atoms with van der Waals surface area (Å²) in [5.74, 6) is 0. The molecule has 3 heteroatoms. The van der Waals surface area contributed by atoms with Gasteiger partial charge in [0.2, 0.25) is 0 Å². The highest BCUT2D eigenvalue weighted by atomic mass is 15.0. The van der Waals surface area contributed by atoms with Gasteiger partial charge in [-0.1, -0.05) is 0 Å². The molecule has 0 amide bonds. The van der Waals surface area contributed by atoms with E-state index in [1.54, 1.807) is 0 Å². The predicted octanol–water partition coefficient (Wildman–Crippen LogP) is 1.41. The third-order valence-corrected chi connectivity index (χ3v) is 2.49. The quantitative estimate of drug-likeness (QED) is 0.712. The van der Waals surface area contributed by atoms with Crippen molar-refractivity contribution in [1.29, 1.82) is 0 Å². The van der Waals surface area contributed by atoms with Crippen molar-refractivity contribution in [2.24, 2.45) is 5.73 Å². The Bertz CT molecular complexity index is 443. The molecule has 0 unspecified atom stereocenters. The summed E-state index contributed by atoms with van der Waals surface area (Å²) < 4.78 is 2.02. The fourth-order valence-electron chi connectivity index (χ4n) is 1.58. The van der Waals surface area contributed by atoms with E-state index < -0.39 is 0 Å². The van der Waals surface area contributed by atoms with E-state index in [0.717, 1.165) is 11.2 Å². The van der Waals surface area contributed by atoms with Crippen LogP contribution in [0, 0.1) is 13.8 Å². The average Bonchev–Trinajstić information content (AvgIpc) is 2.55. The number of fused-ring (bicyclic) bond motifs is 1. The molecule has 2 rings (SSSR count). The summed E-state index contributed by atoms with van der Waals surface area (Å²) in [5, 5.41) is 0. The maximum atomic E-state index is 5.60. The van der Waals surface area contributed by atoms with E-state index in [0.29, 0.717) is 6.54 Å². The molecule has 0 fully saturated rings. The first kappa shape index (κ1) is 8.26. The molecule has 0 radical (unpaired) electrons. The highest BCUT2D eigenvalue weighted by Gasteiger charge is 2.06. The number of pyridine rings is 1. The van der Waals surface area contributed by atoms with E-state index in [9.17, 15) is 0 Å². The topological polar surface area (TPSA) is 43.3 Å². The number of rotatable bonds is 1. The minimum absolute atomic E-state index is 0.501. The molecule has 0 aromatic carbocycles. The maximum Gasteiger partial charge on any atom is 0.0996 e. The Labute approximate surface area is 77.2 Å². The molecule has 0 spiro atoms. The van der Waals surface area contributed by atoms with Crippen LogP contribution >= 0.6 is 0 Å². The Balaban J connectivity index is 2.85. The van der Waals surface area contributed by atoms with Crippen LogP contribution in [-0.2, 0) is 6.54 Å². The normalized spacial score (nSPS) is 11.0. The van der Waals surface area contributed by atoms with Gasteiger partial charge in [-0.15, -0.1) is 0 Å². The SMILES string of the molecule is Cc1ccn2cnc(CN)c2c1C. The molecule has 0 bridgehead atoms. The molecule has 0 saturated carbocycles. The zero-order valence-corrected chi connectivity index (χ0v) is 7.91. The van der Waals surface area contributed by atoms with Crippen LogP contribution in [0.25, 0.3) is 5.52 Å². The van der Waals surface area contributed by atoms with Crippen molar-refractivity contribution < 1.29 is 0 Å². The minimum Gasteiger partial charge on any atom is -0.325 e. The smallest absolute Gasteiger partial charge is 0.0996 e. The lowest BCUT2D eigenvalue weighted by Crippen LogP contribution is -1.99. The molecule has 0 aliphatic carbocycles. The van der Waals surface area contributed by atoms with Gasteiger partial charge in [-0.2, -0.15) is 0 Å². The van der Waals surface area contributed by atoms with E-state index in [1.807, 2.05) is 16.9 Å². The Morgan fingerprint density at radius 2 is 2.23 bits per heavy atom. The Morgan fingerprint density at radius 1 is 1.46 bits per heavy atom. The monoisotopic (exact) mass is 175 g/mol. The largest absolute Gasteiger partial charge is 0.325 e. The second-order valence-corrected chi connectivity index (χ2v) is 3.28. The summed E-state index contributed by atoms with van der Waals surface area (Å²) in [4.78, 5) is 4.25. The summed E-state index contributed by atoms with van der Waals surface area (Å²) in [6.45, 7) is 4.70. The first-order valence-corrected chi connectivity index (χ1v) is 4.36. The molecular weight excluding hydrogens is 162 g/mol. The van der Waals surface area contributed by atoms with Crippen molar-refractivity contribution in [2.45, 2.75) is 20.4 Å². The predicted molar refractivity (Wildman–Crippen MR) is 52.6 cm³/mol. The third kappa shape index (κ3) is 1.12. The minimum atomic E-state index is 0.501. The number of nitrogens with zero attached hydrogens (tertiary/aromatic N) is 2. The Kier molecular flexibility index (Phi) is 1.81. The van der Waals surface area contributed by atoms with Gasteiger partial charge in [-0.25, -0.2) is 4.98 Å². The van der Waals surface area contributed by atoms with Gasteiger partial charge in [0.15, 0.2) is 0 Å². The first-order valence-electron chi connectivity index (χ1n) is 4.36. The van der Waals surface area contributed by atoms with Crippen LogP contribution in [0.3, 0.4) is 0 Å². The lowest BCUT2D eigenvalue weighted by Gasteiger charge is -2.03. The zero-order chi connectivity index (χ0) is 9.42. The Morgan fingerprint density at radius 3 is 2.92 bits per heavy atom. The number of aryl methyl sites for hydroxylation is 2. The molecule has 2 aromatic rings. The fraction of sp³-hybridized carbons (Fsp3) is 0.300. The van der Waals surface area contributed by atoms with Gasteiger partial charge in [-0.3, -0.25) is 0 Å². The summed E-state index contributed by atoms with van der Waals surface area (Å²) in [5.41, 5.74) is 10.3. The van der Waals surface area contributed by atoms with Crippen LogP contribution in [0.4, 0.5) is 0 Å². The van der Waals surface area contributed by atoms with E-state index in [2.05, 4.69) is 24.9 Å². The molecule has 0 atom stereocenters. The fourth-order valence-corrected chi connectivity index (χ4v) is 1.58.